The van der Waals surface area contributed by atoms with E-state index in [-0.39, 0.29) is 30.2 Å². The highest BCUT2D eigenvalue weighted by Crippen LogP contribution is 2.21. The minimum Gasteiger partial charge on any atom is -0.465 e. The summed E-state index contributed by atoms with van der Waals surface area (Å²) in [6, 6.07) is 1.35. The number of alkyl halides is 3. The molecule has 0 aromatic carbocycles. The van der Waals surface area contributed by atoms with Crippen LogP contribution in [0.4, 0.5) is 13.2 Å². The predicted molar refractivity (Wildman–Crippen MR) is 63.2 cm³/mol. The smallest absolute Gasteiger partial charge is 0.401 e. The molecule has 8 heteroatoms. The van der Waals surface area contributed by atoms with Crippen molar-refractivity contribution < 1.29 is 32.2 Å². The van der Waals surface area contributed by atoms with Gasteiger partial charge < -0.3 is 14.3 Å². The number of aliphatic hydroxyl groups excluding tert-OH is 1. The van der Waals surface area contributed by atoms with Crippen LogP contribution in [-0.2, 0) is 11.3 Å². The Balaban J connectivity index is 2.81. The van der Waals surface area contributed by atoms with Gasteiger partial charge in [-0.2, -0.15) is 13.2 Å². The second-order valence-electron chi connectivity index (χ2n) is 4.22. The highest BCUT2D eigenvalue weighted by molar-refractivity contribution is 5.90. The molecule has 0 radical (unpaired) electrons. The van der Waals surface area contributed by atoms with Gasteiger partial charge in [0, 0.05) is 6.54 Å². The quantitative estimate of drug-likeness (QED) is 0.810. The highest BCUT2D eigenvalue weighted by atomic mass is 19.4. The molecule has 0 saturated carbocycles. The average Bonchev–Trinajstić information content (AvgIpc) is 2.67. The standard InChI is InChI=1S/C12H16F3NO4/c1-8-10(11(18)19-2)5-9(20-8)6-16(3-4-17)7-12(13,14)15/h5,17H,3-4,6-7H2,1-2H3. The summed E-state index contributed by atoms with van der Waals surface area (Å²) in [7, 11) is 1.20. The molecule has 5 nitrogen and oxygen atoms in total. The van der Waals surface area contributed by atoms with Gasteiger partial charge in [0.05, 0.1) is 26.8 Å². The number of nitrogens with zero attached hydrogens (tertiary/aromatic N) is 1. The van der Waals surface area contributed by atoms with Gasteiger partial charge in [-0.25, -0.2) is 4.79 Å². The maximum atomic E-state index is 12.4. The van der Waals surface area contributed by atoms with Crippen LogP contribution in [0.5, 0.6) is 0 Å². The lowest BCUT2D eigenvalue weighted by molar-refractivity contribution is -0.148. The Kier molecular flexibility index (Phi) is 5.58. The molecule has 0 fully saturated rings. The lowest BCUT2D eigenvalue weighted by Crippen LogP contribution is -2.35. The number of hydrogen-bond donors (Lipinski definition) is 1. The lowest BCUT2D eigenvalue weighted by Gasteiger charge is -2.21. The zero-order valence-electron chi connectivity index (χ0n) is 11.2. The molecule has 0 aliphatic heterocycles. The third-order valence-corrected chi connectivity index (χ3v) is 2.57. The number of esters is 1. The first-order valence-electron chi connectivity index (χ1n) is 5.84. The summed E-state index contributed by atoms with van der Waals surface area (Å²) in [5.41, 5.74) is 0.179. The van der Waals surface area contributed by atoms with Crippen molar-refractivity contribution >= 4 is 5.97 Å². The van der Waals surface area contributed by atoms with E-state index in [1.54, 1.807) is 0 Å². The van der Waals surface area contributed by atoms with Crippen LogP contribution < -0.4 is 0 Å². The molecule has 1 heterocycles. The van der Waals surface area contributed by atoms with E-state index in [1.165, 1.54) is 20.1 Å². The molecule has 0 atom stereocenters. The minimum absolute atomic E-state index is 0.146. The molecule has 114 valence electrons. The Hall–Kier alpha value is -1.54. The van der Waals surface area contributed by atoms with Crippen molar-refractivity contribution in [1.29, 1.82) is 0 Å². The summed E-state index contributed by atoms with van der Waals surface area (Å²) in [5.74, 6) is -0.120. The number of rotatable bonds is 6. The van der Waals surface area contributed by atoms with Crippen LogP contribution in [0.2, 0.25) is 0 Å². The first kappa shape index (κ1) is 16.5. The number of halogens is 3. The van der Waals surface area contributed by atoms with Crippen LogP contribution >= 0.6 is 0 Å². The van der Waals surface area contributed by atoms with Crippen molar-refractivity contribution in [2.45, 2.75) is 19.6 Å². The van der Waals surface area contributed by atoms with Gasteiger partial charge in [-0.3, -0.25) is 4.90 Å². The molecule has 1 N–H and O–H groups in total. The molecule has 0 amide bonds. The molecule has 0 unspecified atom stereocenters. The van der Waals surface area contributed by atoms with Crippen molar-refractivity contribution in [2.24, 2.45) is 0 Å². The number of aliphatic hydroxyl groups is 1. The number of furan rings is 1. The second-order valence-corrected chi connectivity index (χ2v) is 4.22. The van der Waals surface area contributed by atoms with Gasteiger partial charge in [-0.15, -0.1) is 0 Å². The van der Waals surface area contributed by atoms with E-state index in [4.69, 9.17) is 9.52 Å². The molecule has 0 spiro atoms. The minimum atomic E-state index is -4.37. The summed E-state index contributed by atoms with van der Waals surface area (Å²) in [4.78, 5) is 12.4. The number of aryl methyl sites for hydroxylation is 1. The van der Waals surface area contributed by atoms with Gasteiger partial charge in [-0.1, -0.05) is 0 Å². The first-order valence-corrected chi connectivity index (χ1v) is 5.84. The Morgan fingerprint density at radius 3 is 2.65 bits per heavy atom. The van der Waals surface area contributed by atoms with Gasteiger partial charge in [-0.05, 0) is 13.0 Å². The van der Waals surface area contributed by atoms with Gasteiger partial charge in [0.2, 0.25) is 0 Å². The van der Waals surface area contributed by atoms with Crippen LogP contribution in [0.15, 0.2) is 10.5 Å². The summed E-state index contributed by atoms with van der Waals surface area (Å²) in [5, 5.41) is 8.78. The van der Waals surface area contributed by atoms with Crippen molar-refractivity contribution in [1.82, 2.24) is 4.90 Å². The molecule has 1 aromatic rings. The predicted octanol–water partition coefficient (Wildman–Crippen LogP) is 1.73. The maximum Gasteiger partial charge on any atom is 0.401 e. The fraction of sp³-hybridized carbons (Fsp3) is 0.583. The number of hydrogen-bond acceptors (Lipinski definition) is 5. The number of carbonyl (C=O) groups is 1. The van der Waals surface area contributed by atoms with E-state index >= 15 is 0 Å². The molecule has 0 saturated heterocycles. The largest absolute Gasteiger partial charge is 0.465 e. The molecule has 0 aliphatic rings. The zero-order chi connectivity index (χ0) is 15.3. The number of carbonyl (C=O) groups excluding carboxylic acids is 1. The number of ether oxygens (including phenoxy) is 1. The molecule has 20 heavy (non-hydrogen) atoms. The van der Waals surface area contributed by atoms with Gasteiger partial charge in [0.25, 0.3) is 0 Å². The summed E-state index contributed by atoms with van der Waals surface area (Å²) in [6.07, 6.45) is -4.37. The Morgan fingerprint density at radius 1 is 1.50 bits per heavy atom. The molecule has 1 aromatic heterocycles. The van der Waals surface area contributed by atoms with E-state index in [0.29, 0.717) is 0 Å². The lowest BCUT2D eigenvalue weighted by atomic mass is 10.2. The highest BCUT2D eigenvalue weighted by Gasteiger charge is 2.31. The van der Waals surface area contributed by atoms with Gasteiger partial charge in [0.1, 0.15) is 17.1 Å². The molecule has 0 bridgehead atoms. The normalized spacial score (nSPS) is 11.9. The summed E-state index contributed by atoms with van der Waals surface area (Å²) < 4.78 is 46.9. The SMILES string of the molecule is COC(=O)c1cc(CN(CCO)CC(F)(F)F)oc1C. The van der Waals surface area contributed by atoms with Gasteiger partial charge >= 0.3 is 12.1 Å². The topological polar surface area (TPSA) is 62.9 Å². The summed E-state index contributed by atoms with van der Waals surface area (Å²) >= 11 is 0. The third-order valence-electron chi connectivity index (χ3n) is 2.57. The van der Waals surface area contributed by atoms with E-state index in [1.807, 2.05) is 0 Å². The van der Waals surface area contributed by atoms with Crippen LogP contribution in [0.3, 0.4) is 0 Å². The van der Waals surface area contributed by atoms with E-state index in [0.717, 1.165) is 4.90 Å². The maximum absolute atomic E-state index is 12.4. The van der Waals surface area contributed by atoms with E-state index in [2.05, 4.69) is 4.74 Å². The fourth-order valence-corrected chi connectivity index (χ4v) is 1.76. The van der Waals surface area contributed by atoms with Crippen molar-refractivity contribution in [2.75, 3.05) is 26.8 Å². The van der Waals surface area contributed by atoms with Crippen LogP contribution in [0.1, 0.15) is 21.9 Å². The van der Waals surface area contributed by atoms with E-state index in [9.17, 15) is 18.0 Å². The van der Waals surface area contributed by atoms with Crippen molar-refractivity contribution in [3.63, 3.8) is 0 Å². The fourth-order valence-electron chi connectivity index (χ4n) is 1.76. The van der Waals surface area contributed by atoms with Crippen LogP contribution in [0.25, 0.3) is 0 Å². The zero-order valence-corrected chi connectivity index (χ0v) is 11.2. The molecular formula is C12H16F3NO4. The summed E-state index contributed by atoms with van der Waals surface area (Å²) in [6.45, 7) is -0.346. The van der Waals surface area contributed by atoms with Crippen molar-refractivity contribution in [3.05, 3.63) is 23.2 Å². The van der Waals surface area contributed by atoms with Crippen LogP contribution in [0, 0.1) is 6.92 Å². The van der Waals surface area contributed by atoms with E-state index < -0.39 is 25.3 Å². The molecular weight excluding hydrogens is 279 g/mol. The average molecular weight is 295 g/mol. The molecule has 1 rings (SSSR count). The Morgan fingerprint density at radius 2 is 2.15 bits per heavy atom. The Bertz CT molecular complexity index is 456. The third kappa shape index (κ3) is 4.86. The first-order chi connectivity index (χ1) is 9.26. The van der Waals surface area contributed by atoms with Crippen LogP contribution in [-0.4, -0.2) is 49.0 Å². The van der Waals surface area contributed by atoms with Gasteiger partial charge in [0.15, 0.2) is 0 Å². The monoisotopic (exact) mass is 295 g/mol. The van der Waals surface area contributed by atoms with Crippen molar-refractivity contribution in [3.8, 4) is 0 Å². The molecule has 0 aliphatic carbocycles. The Labute approximate surface area is 113 Å². The second kappa shape index (κ2) is 6.76. The number of methoxy groups -OCH3 is 1.